The maximum atomic E-state index is 12.9. The van der Waals surface area contributed by atoms with E-state index in [-0.39, 0.29) is 0 Å². The lowest BCUT2D eigenvalue weighted by atomic mass is 10.2. The fraction of sp³-hybridized carbons (Fsp3) is 0. The van der Waals surface area contributed by atoms with Gasteiger partial charge in [0, 0.05) is 17.6 Å². The summed E-state index contributed by atoms with van der Waals surface area (Å²) in [5.74, 6) is -1.83. The van der Waals surface area contributed by atoms with Crippen molar-refractivity contribution in [3.05, 3.63) is 38.6 Å². The molecule has 0 N–H and O–H groups in total. The van der Waals surface area contributed by atoms with Crippen LogP contribution in [0.15, 0.2) is 18.3 Å². The van der Waals surface area contributed by atoms with Crippen LogP contribution < -0.4 is 0 Å². The number of fused-ring (bicyclic) bond motifs is 1. The molecule has 14 heavy (non-hydrogen) atoms. The lowest BCUT2D eigenvalue weighted by Crippen LogP contribution is -1.89. The van der Waals surface area contributed by atoms with Gasteiger partial charge in [0.15, 0.2) is 11.6 Å². The third-order valence-electron chi connectivity index (χ3n) is 1.80. The average Bonchev–Trinajstić information content (AvgIpc) is 2.15. The fourth-order valence-corrected chi connectivity index (χ4v) is 1.76. The van der Waals surface area contributed by atoms with Gasteiger partial charge < -0.3 is 0 Å². The second-order valence-corrected chi connectivity index (χ2v) is 4.24. The molecular weight excluding hydrogens is 322 g/mol. The number of pyridine rings is 1. The molecule has 1 nitrogen and oxygen atoms in total. The number of aromatic nitrogens is 1. The Labute approximate surface area is 97.2 Å². The summed E-state index contributed by atoms with van der Waals surface area (Å²) in [5.41, 5.74) is 0.356. The van der Waals surface area contributed by atoms with Gasteiger partial charge in [0.05, 0.1) is 14.1 Å². The van der Waals surface area contributed by atoms with Gasteiger partial charge in [-0.3, -0.25) is 4.98 Å². The molecule has 0 bridgehead atoms. The summed E-state index contributed by atoms with van der Waals surface area (Å²) in [5, 5.41) is 0.826. The topological polar surface area (TPSA) is 12.9 Å². The van der Waals surface area contributed by atoms with E-state index in [0.29, 0.717) is 19.5 Å². The monoisotopic (exact) mass is 325 g/mol. The van der Waals surface area contributed by atoms with Crippen molar-refractivity contribution in [3.63, 3.8) is 0 Å². The first-order valence-electron chi connectivity index (χ1n) is 3.68. The molecule has 0 fully saturated rings. The van der Waals surface area contributed by atoms with Gasteiger partial charge in [0.25, 0.3) is 0 Å². The van der Waals surface area contributed by atoms with Crippen LogP contribution in [0.25, 0.3) is 10.9 Å². The summed E-state index contributed by atoms with van der Waals surface area (Å²) in [4.78, 5) is 3.94. The average molecular weight is 325 g/mol. The van der Waals surface area contributed by atoms with Crippen LogP contribution in [0.4, 0.5) is 8.78 Å². The van der Waals surface area contributed by atoms with Crippen molar-refractivity contribution in [3.8, 4) is 0 Å². The molecule has 1 aromatic carbocycles. The normalized spacial score (nSPS) is 10.9. The van der Waals surface area contributed by atoms with Gasteiger partial charge in [0.2, 0.25) is 0 Å². The molecule has 0 saturated carbocycles. The molecule has 0 radical (unpaired) electrons. The maximum absolute atomic E-state index is 12.9. The molecule has 0 aliphatic carbocycles. The van der Waals surface area contributed by atoms with Crippen molar-refractivity contribution in [2.24, 2.45) is 0 Å². The summed E-state index contributed by atoms with van der Waals surface area (Å²) in [6.45, 7) is 0. The van der Waals surface area contributed by atoms with Crippen molar-refractivity contribution in [2.45, 2.75) is 0 Å². The van der Waals surface area contributed by atoms with E-state index in [9.17, 15) is 8.78 Å². The van der Waals surface area contributed by atoms with Crippen LogP contribution in [-0.4, -0.2) is 4.98 Å². The number of nitrogens with zero attached hydrogens (tertiary/aromatic N) is 1. The standard InChI is InChI=1S/C9H3ClF2IN/c10-9-4-1-5(11)6(12)2-8(4)14-3-7(9)13/h1-3H. The summed E-state index contributed by atoms with van der Waals surface area (Å²) in [6, 6.07) is 2.09. The van der Waals surface area contributed by atoms with E-state index in [1.165, 1.54) is 6.20 Å². The fourth-order valence-electron chi connectivity index (χ4n) is 1.13. The Kier molecular flexibility index (Phi) is 2.57. The summed E-state index contributed by atoms with van der Waals surface area (Å²) >= 11 is 7.90. The van der Waals surface area contributed by atoms with E-state index >= 15 is 0 Å². The van der Waals surface area contributed by atoms with E-state index in [1.807, 2.05) is 22.6 Å². The van der Waals surface area contributed by atoms with Crippen LogP contribution in [0.2, 0.25) is 5.02 Å². The molecule has 0 aliphatic heterocycles. The number of hydrogen-bond donors (Lipinski definition) is 0. The molecule has 0 aliphatic rings. The number of halogens is 4. The van der Waals surface area contributed by atoms with Crippen molar-refractivity contribution >= 4 is 45.1 Å². The highest BCUT2D eigenvalue weighted by Crippen LogP contribution is 2.28. The number of rotatable bonds is 0. The Balaban J connectivity index is 2.89. The first-order chi connectivity index (χ1) is 6.59. The predicted molar refractivity (Wildman–Crippen MR) is 59.4 cm³/mol. The Hall–Kier alpha value is -0.490. The van der Waals surface area contributed by atoms with Crippen LogP contribution in [-0.2, 0) is 0 Å². The minimum absolute atomic E-state index is 0.356. The second kappa shape index (κ2) is 3.58. The zero-order chi connectivity index (χ0) is 10.3. The Morgan fingerprint density at radius 3 is 2.57 bits per heavy atom. The molecule has 0 atom stereocenters. The van der Waals surface area contributed by atoms with Crippen molar-refractivity contribution in [1.29, 1.82) is 0 Å². The lowest BCUT2D eigenvalue weighted by Gasteiger charge is -2.02. The third-order valence-corrected chi connectivity index (χ3v) is 3.35. The third kappa shape index (κ3) is 1.56. The second-order valence-electron chi connectivity index (χ2n) is 2.70. The number of benzene rings is 1. The van der Waals surface area contributed by atoms with Crippen molar-refractivity contribution < 1.29 is 8.78 Å². The molecular formula is C9H3ClF2IN. The maximum Gasteiger partial charge on any atom is 0.161 e. The highest BCUT2D eigenvalue weighted by atomic mass is 127. The van der Waals surface area contributed by atoms with E-state index in [1.54, 1.807) is 0 Å². The highest BCUT2D eigenvalue weighted by molar-refractivity contribution is 14.1. The van der Waals surface area contributed by atoms with Crippen LogP contribution in [0, 0.1) is 15.2 Å². The highest BCUT2D eigenvalue weighted by Gasteiger charge is 2.09. The lowest BCUT2D eigenvalue weighted by molar-refractivity contribution is 0.510. The minimum atomic E-state index is -0.915. The van der Waals surface area contributed by atoms with Gasteiger partial charge in [0.1, 0.15) is 0 Å². The quantitative estimate of drug-likeness (QED) is 0.672. The van der Waals surface area contributed by atoms with Crippen LogP contribution in [0.5, 0.6) is 0 Å². The van der Waals surface area contributed by atoms with Gasteiger partial charge in [-0.05, 0) is 28.7 Å². The Morgan fingerprint density at radius 1 is 1.21 bits per heavy atom. The molecule has 0 amide bonds. The van der Waals surface area contributed by atoms with Gasteiger partial charge >= 0.3 is 0 Å². The Morgan fingerprint density at radius 2 is 1.86 bits per heavy atom. The van der Waals surface area contributed by atoms with Crippen molar-refractivity contribution in [1.82, 2.24) is 4.98 Å². The molecule has 0 spiro atoms. The number of hydrogen-bond acceptors (Lipinski definition) is 1. The van der Waals surface area contributed by atoms with E-state index in [4.69, 9.17) is 11.6 Å². The first-order valence-corrected chi connectivity index (χ1v) is 5.14. The summed E-state index contributed by atoms with van der Waals surface area (Å²) in [7, 11) is 0. The van der Waals surface area contributed by atoms with Gasteiger partial charge in [-0.25, -0.2) is 8.78 Å². The molecule has 2 rings (SSSR count). The molecule has 0 unspecified atom stereocenters. The van der Waals surface area contributed by atoms with E-state index in [2.05, 4.69) is 4.98 Å². The molecule has 72 valence electrons. The summed E-state index contributed by atoms with van der Waals surface area (Å²) < 4.78 is 26.4. The smallest absolute Gasteiger partial charge is 0.161 e. The van der Waals surface area contributed by atoms with Crippen molar-refractivity contribution in [2.75, 3.05) is 0 Å². The zero-order valence-corrected chi connectivity index (χ0v) is 9.60. The first kappa shape index (κ1) is 10.0. The Bertz CT molecular complexity index is 516. The SMILES string of the molecule is Fc1cc2ncc(I)c(Cl)c2cc1F. The molecule has 1 heterocycles. The molecule has 2 aromatic rings. The van der Waals surface area contributed by atoms with Gasteiger partial charge in [-0.2, -0.15) is 0 Å². The van der Waals surface area contributed by atoms with E-state index < -0.39 is 11.6 Å². The van der Waals surface area contributed by atoms with Crippen LogP contribution in [0.3, 0.4) is 0 Å². The predicted octanol–water partition coefficient (Wildman–Crippen LogP) is 3.77. The largest absolute Gasteiger partial charge is 0.255 e. The zero-order valence-electron chi connectivity index (χ0n) is 6.69. The minimum Gasteiger partial charge on any atom is -0.255 e. The van der Waals surface area contributed by atoms with E-state index in [0.717, 1.165) is 12.1 Å². The van der Waals surface area contributed by atoms with Gasteiger partial charge in [-0.1, -0.05) is 11.6 Å². The van der Waals surface area contributed by atoms with Gasteiger partial charge in [-0.15, -0.1) is 0 Å². The molecule has 5 heteroatoms. The molecule has 1 aromatic heterocycles. The van der Waals surface area contributed by atoms with Crippen LogP contribution >= 0.6 is 34.2 Å². The molecule has 0 saturated heterocycles. The van der Waals surface area contributed by atoms with Crippen LogP contribution in [0.1, 0.15) is 0 Å². The summed E-state index contributed by atoms with van der Waals surface area (Å²) in [6.07, 6.45) is 1.52.